The first-order valence-electron chi connectivity index (χ1n) is 11.5. The average Bonchev–Trinajstić information content (AvgIpc) is 3.27. The van der Waals surface area contributed by atoms with Crippen molar-refractivity contribution in [3.05, 3.63) is 53.7 Å². The summed E-state index contributed by atoms with van der Waals surface area (Å²) in [6, 6.07) is 6.97. The van der Waals surface area contributed by atoms with Crippen molar-refractivity contribution in [1.29, 1.82) is 0 Å². The topological polar surface area (TPSA) is 98.7 Å². The Labute approximate surface area is 206 Å². The number of pyridine rings is 1. The lowest BCUT2D eigenvalue weighted by Crippen LogP contribution is -2.52. The highest BCUT2D eigenvalue weighted by molar-refractivity contribution is 5.88. The highest BCUT2D eigenvalue weighted by Crippen LogP contribution is 2.45. The second-order valence-corrected chi connectivity index (χ2v) is 8.79. The molecule has 0 unspecified atom stereocenters. The zero-order chi connectivity index (χ0) is 25.4. The maximum atomic E-state index is 14.3. The molecule has 1 N–H and O–H groups in total. The van der Waals surface area contributed by atoms with Gasteiger partial charge in [0.25, 0.3) is 0 Å². The van der Waals surface area contributed by atoms with Crippen molar-refractivity contribution in [2.45, 2.75) is 31.4 Å². The van der Waals surface area contributed by atoms with Gasteiger partial charge in [-0.25, -0.2) is 18.6 Å². The van der Waals surface area contributed by atoms with Crippen molar-refractivity contribution in [3.8, 4) is 22.9 Å². The van der Waals surface area contributed by atoms with Crippen LogP contribution in [0.15, 0.2) is 36.5 Å². The normalized spacial score (nSPS) is 20.2. The summed E-state index contributed by atoms with van der Waals surface area (Å²) >= 11 is 0. The predicted molar refractivity (Wildman–Crippen MR) is 127 cm³/mol. The molecule has 0 saturated carbocycles. The van der Waals surface area contributed by atoms with E-state index in [-0.39, 0.29) is 23.0 Å². The zero-order valence-corrected chi connectivity index (χ0v) is 20.0. The van der Waals surface area contributed by atoms with Gasteiger partial charge in [0.15, 0.2) is 17.4 Å². The van der Waals surface area contributed by atoms with Gasteiger partial charge in [0, 0.05) is 31.3 Å². The van der Waals surface area contributed by atoms with Crippen LogP contribution in [0.4, 0.5) is 20.3 Å². The molecule has 1 aromatic carbocycles. The van der Waals surface area contributed by atoms with Crippen LogP contribution in [0, 0.1) is 11.6 Å². The predicted octanol–water partition coefficient (Wildman–Crippen LogP) is 3.84. The van der Waals surface area contributed by atoms with Gasteiger partial charge in [-0.05, 0) is 24.6 Å². The summed E-state index contributed by atoms with van der Waals surface area (Å²) in [5, 5.41) is 11.8. The van der Waals surface area contributed by atoms with Crippen LogP contribution in [0.25, 0.3) is 11.3 Å². The molecule has 3 aromatic rings. The van der Waals surface area contributed by atoms with Crippen molar-refractivity contribution >= 4 is 17.5 Å². The van der Waals surface area contributed by atoms with Gasteiger partial charge < -0.3 is 24.4 Å². The van der Waals surface area contributed by atoms with Crippen LogP contribution >= 0.6 is 0 Å². The molecule has 0 radical (unpaired) electrons. The lowest BCUT2D eigenvalue weighted by molar-refractivity contribution is 0.0600. The number of esters is 1. The van der Waals surface area contributed by atoms with E-state index in [4.69, 9.17) is 14.2 Å². The van der Waals surface area contributed by atoms with Gasteiger partial charge in [0.05, 0.1) is 48.8 Å². The molecule has 1 saturated heterocycles. The Bertz CT molecular complexity index is 1310. The summed E-state index contributed by atoms with van der Waals surface area (Å²) in [7, 11) is 2.64. The van der Waals surface area contributed by atoms with Gasteiger partial charge in [-0.2, -0.15) is 0 Å². The molecule has 0 amide bonds. The summed E-state index contributed by atoms with van der Waals surface area (Å²) in [4.78, 5) is 18.1. The van der Waals surface area contributed by atoms with Crippen LogP contribution in [0.1, 0.15) is 30.1 Å². The van der Waals surface area contributed by atoms with E-state index in [9.17, 15) is 13.6 Å². The van der Waals surface area contributed by atoms with Crippen molar-refractivity contribution in [3.63, 3.8) is 0 Å². The summed E-state index contributed by atoms with van der Waals surface area (Å²) in [5.74, 6) is -1.12. The number of hydrogen-bond donors (Lipinski definition) is 1. The van der Waals surface area contributed by atoms with Crippen LogP contribution < -0.4 is 19.7 Å². The van der Waals surface area contributed by atoms with E-state index >= 15 is 0 Å². The number of methoxy groups -OCH3 is 2. The van der Waals surface area contributed by atoms with Crippen LogP contribution in [-0.2, 0) is 4.74 Å². The molecule has 2 aliphatic rings. The molecule has 5 rings (SSSR count). The van der Waals surface area contributed by atoms with Crippen LogP contribution in [0.2, 0.25) is 0 Å². The lowest BCUT2D eigenvalue weighted by Gasteiger charge is -2.43. The summed E-state index contributed by atoms with van der Waals surface area (Å²) in [5.41, 5.74) is 1.32. The first-order chi connectivity index (χ1) is 17.4. The Balaban J connectivity index is 1.45. The number of anilines is 2. The lowest BCUT2D eigenvalue weighted by atomic mass is 9.90. The quantitative estimate of drug-likeness (QED) is 0.509. The fourth-order valence-electron chi connectivity index (χ4n) is 4.97. The Morgan fingerprint density at radius 3 is 2.75 bits per heavy atom. The molecule has 9 nitrogen and oxygen atoms in total. The number of carbonyl (C=O) groups is 1. The highest BCUT2D eigenvalue weighted by Gasteiger charge is 2.49. The van der Waals surface area contributed by atoms with Gasteiger partial charge in [0.2, 0.25) is 5.88 Å². The summed E-state index contributed by atoms with van der Waals surface area (Å²) in [6.07, 6.45) is 2.77. The van der Waals surface area contributed by atoms with Gasteiger partial charge in [-0.1, -0.05) is 6.92 Å². The molecule has 0 bridgehead atoms. The number of ether oxygens (including phenoxy) is 3. The number of nitrogens with one attached hydrogen (secondary N) is 1. The van der Waals surface area contributed by atoms with E-state index in [1.807, 2.05) is 0 Å². The third-order valence-electron chi connectivity index (χ3n) is 6.81. The standard InChI is InChI=1S/C25H25F2N5O4/c1-4-25-10-16(36-21-6-5-14(11-28-21)24(33)35-3)12-32(25)20-9-19(30-31-23(20)29-13-25)17-7-15(26)8-18(27)22(17)34-2/h5-9,11,16H,4,10,12-13H2,1-3H3,(H,29,31)/t16-,25-/m1/s1. The van der Waals surface area contributed by atoms with Crippen LogP contribution in [-0.4, -0.2) is 60.1 Å². The smallest absolute Gasteiger partial charge is 0.339 e. The third-order valence-corrected chi connectivity index (χ3v) is 6.81. The van der Waals surface area contributed by atoms with Gasteiger partial charge >= 0.3 is 5.97 Å². The minimum atomic E-state index is -0.812. The number of aromatic nitrogens is 3. The molecule has 0 spiro atoms. The summed E-state index contributed by atoms with van der Waals surface area (Å²) in [6.45, 7) is 3.28. The number of fused-ring (bicyclic) bond motifs is 3. The minimum absolute atomic E-state index is 0.0970. The SMILES string of the molecule is CC[C@@]12CNc3nnc(-c4cc(F)cc(F)c4OC)cc3N1C[C@H](Oc1ccc(C(=O)OC)cn1)C2. The molecule has 2 atom stereocenters. The first kappa shape index (κ1) is 23.7. The molecule has 0 aliphatic carbocycles. The molecule has 36 heavy (non-hydrogen) atoms. The van der Waals surface area contributed by atoms with Crippen molar-refractivity contribution < 1.29 is 27.8 Å². The van der Waals surface area contributed by atoms with E-state index in [0.29, 0.717) is 42.5 Å². The second kappa shape index (κ2) is 9.21. The van der Waals surface area contributed by atoms with Gasteiger partial charge in [-0.15, -0.1) is 10.2 Å². The second-order valence-electron chi connectivity index (χ2n) is 8.79. The monoisotopic (exact) mass is 497 g/mol. The number of benzene rings is 1. The van der Waals surface area contributed by atoms with E-state index in [1.165, 1.54) is 26.5 Å². The van der Waals surface area contributed by atoms with Crippen LogP contribution in [0.3, 0.4) is 0 Å². The fraction of sp³-hybridized carbons (Fsp3) is 0.360. The average molecular weight is 498 g/mol. The zero-order valence-electron chi connectivity index (χ0n) is 20.0. The Kier molecular flexibility index (Phi) is 6.07. The third kappa shape index (κ3) is 4.04. The van der Waals surface area contributed by atoms with Gasteiger partial charge in [-0.3, -0.25) is 0 Å². The Hall–Kier alpha value is -4.02. The number of halogens is 2. The fourth-order valence-corrected chi connectivity index (χ4v) is 4.97. The number of hydrogen-bond acceptors (Lipinski definition) is 9. The van der Waals surface area contributed by atoms with E-state index in [2.05, 4.69) is 32.3 Å². The molecule has 11 heteroatoms. The van der Waals surface area contributed by atoms with Crippen molar-refractivity contribution in [2.24, 2.45) is 0 Å². The van der Waals surface area contributed by atoms with E-state index < -0.39 is 17.6 Å². The maximum Gasteiger partial charge on any atom is 0.339 e. The van der Waals surface area contributed by atoms with Crippen LogP contribution in [0.5, 0.6) is 11.6 Å². The molecule has 2 aliphatic heterocycles. The molecular weight excluding hydrogens is 472 g/mol. The maximum absolute atomic E-state index is 14.3. The molecule has 2 aromatic heterocycles. The van der Waals surface area contributed by atoms with Crippen molar-refractivity contribution in [1.82, 2.24) is 15.2 Å². The number of carbonyl (C=O) groups excluding carboxylic acids is 1. The minimum Gasteiger partial charge on any atom is -0.493 e. The Morgan fingerprint density at radius 1 is 1.22 bits per heavy atom. The molecule has 1 fully saturated rings. The highest BCUT2D eigenvalue weighted by atomic mass is 19.1. The summed E-state index contributed by atoms with van der Waals surface area (Å²) < 4.78 is 44.4. The number of rotatable bonds is 6. The molecular formula is C25H25F2N5O4. The molecule has 188 valence electrons. The first-order valence-corrected chi connectivity index (χ1v) is 11.5. The number of nitrogens with zero attached hydrogens (tertiary/aromatic N) is 4. The largest absolute Gasteiger partial charge is 0.493 e. The van der Waals surface area contributed by atoms with Crippen molar-refractivity contribution in [2.75, 3.05) is 37.5 Å². The Morgan fingerprint density at radius 2 is 2.06 bits per heavy atom. The van der Waals surface area contributed by atoms with E-state index in [1.54, 1.807) is 18.2 Å². The molecule has 4 heterocycles. The van der Waals surface area contributed by atoms with Gasteiger partial charge in [0.1, 0.15) is 11.9 Å². The van der Waals surface area contributed by atoms with E-state index in [0.717, 1.165) is 18.2 Å².